The van der Waals surface area contributed by atoms with Crippen LogP contribution in [0.4, 0.5) is 0 Å². The second-order valence-corrected chi connectivity index (χ2v) is 4.34. The van der Waals surface area contributed by atoms with Crippen molar-refractivity contribution in [3.63, 3.8) is 0 Å². The van der Waals surface area contributed by atoms with Gasteiger partial charge in [-0.2, -0.15) is 5.10 Å². The monoisotopic (exact) mass is 255 g/mol. The van der Waals surface area contributed by atoms with E-state index in [-0.39, 0.29) is 0 Å². The van der Waals surface area contributed by atoms with Gasteiger partial charge in [0.2, 0.25) is 0 Å². The quantitative estimate of drug-likeness (QED) is 0.882. The molecule has 5 heteroatoms. The van der Waals surface area contributed by atoms with Crippen molar-refractivity contribution in [2.45, 2.75) is 13.1 Å². The van der Waals surface area contributed by atoms with Crippen LogP contribution in [0.15, 0.2) is 30.5 Å². The highest BCUT2D eigenvalue weighted by molar-refractivity contribution is 6.34. The van der Waals surface area contributed by atoms with Crippen molar-refractivity contribution in [2.24, 2.45) is 0 Å². The Morgan fingerprint density at radius 1 is 1.12 bits per heavy atom. The highest BCUT2D eigenvalue weighted by Crippen LogP contribution is 2.18. The van der Waals surface area contributed by atoms with Crippen molar-refractivity contribution in [2.75, 3.05) is 0 Å². The molecule has 0 unspecified atom stereocenters. The lowest BCUT2D eigenvalue weighted by atomic mass is 10.2. The molecule has 0 atom stereocenters. The molecule has 1 aromatic heterocycles. The summed E-state index contributed by atoms with van der Waals surface area (Å²) >= 11 is 11.8. The minimum absolute atomic E-state index is 0.658. The van der Waals surface area contributed by atoms with Gasteiger partial charge >= 0.3 is 0 Å². The molecular weight excluding hydrogens is 245 g/mol. The fraction of sp³-hybridized carbons (Fsp3) is 0.182. The molecule has 2 aromatic rings. The summed E-state index contributed by atoms with van der Waals surface area (Å²) in [5, 5.41) is 11.3. The van der Waals surface area contributed by atoms with Crippen molar-refractivity contribution in [3.8, 4) is 0 Å². The number of aromatic amines is 1. The summed E-state index contributed by atoms with van der Waals surface area (Å²) in [6.45, 7) is 1.46. The minimum atomic E-state index is 0.658. The lowest BCUT2D eigenvalue weighted by Crippen LogP contribution is -2.12. The largest absolute Gasteiger partial charge is 0.307 e. The van der Waals surface area contributed by atoms with Gasteiger partial charge in [0.25, 0.3) is 0 Å². The standard InChI is InChI=1S/C11H11Cl2N3/c12-9-3-8(4-10(13)5-9)6-14-7-11-1-2-15-16-11/h1-5,14H,6-7H2,(H,15,16). The van der Waals surface area contributed by atoms with Crippen LogP contribution in [0.25, 0.3) is 0 Å². The molecule has 0 bridgehead atoms. The lowest BCUT2D eigenvalue weighted by Gasteiger charge is -2.04. The van der Waals surface area contributed by atoms with Gasteiger partial charge in [0.15, 0.2) is 0 Å². The van der Waals surface area contributed by atoms with Crippen molar-refractivity contribution in [1.29, 1.82) is 0 Å². The lowest BCUT2D eigenvalue weighted by molar-refractivity contribution is 0.677. The van der Waals surface area contributed by atoms with E-state index >= 15 is 0 Å². The highest BCUT2D eigenvalue weighted by atomic mass is 35.5. The maximum atomic E-state index is 5.90. The Hall–Kier alpha value is -1.03. The molecule has 0 aliphatic carbocycles. The van der Waals surface area contributed by atoms with Gasteiger partial charge in [0.05, 0.1) is 0 Å². The Morgan fingerprint density at radius 2 is 1.88 bits per heavy atom. The average molecular weight is 256 g/mol. The molecule has 0 amide bonds. The summed E-state index contributed by atoms with van der Waals surface area (Å²) in [7, 11) is 0. The number of benzene rings is 1. The van der Waals surface area contributed by atoms with E-state index in [9.17, 15) is 0 Å². The Balaban J connectivity index is 1.89. The van der Waals surface area contributed by atoms with E-state index in [1.807, 2.05) is 18.2 Å². The molecule has 1 heterocycles. The predicted molar refractivity (Wildman–Crippen MR) is 65.6 cm³/mol. The van der Waals surface area contributed by atoms with E-state index in [1.165, 1.54) is 0 Å². The van der Waals surface area contributed by atoms with E-state index in [2.05, 4.69) is 15.5 Å². The van der Waals surface area contributed by atoms with Crippen LogP contribution in [0.3, 0.4) is 0 Å². The molecule has 0 radical (unpaired) electrons. The molecular formula is C11H11Cl2N3. The zero-order valence-corrected chi connectivity index (χ0v) is 10.0. The molecule has 0 fully saturated rings. The van der Waals surface area contributed by atoms with Crippen LogP contribution in [0, 0.1) is 0 Å². The Bertz CT molecular complexity index is 434. The first-order valence-electron chi connectivity index (χ1n) is 4.88. The van der Waals surface area contributed by atoms with E-state index in [0.717, 1.165) is 24.3 Å². The van der Waals surface area contributed by atoms with Gasteiger partial charge in [0.1, 0.15) is 0 Å². The fourth-order valence-corrected chi connectivity index (χ4v) is 2.01. The predicted octanol–water partition coefficient (Wildman–Crippen LogP) is 3.01. The van der Waals surface area contributed by atoms with Gasteiger partial charge in [-0.1, -0.05) is 23.2 Å². The van der Waals surface area contributed by atoms with E-state index in [0.29, 0.717) is 10.0 Å². The third-order valence-electron chi connectivity index (χ3n) is 2.13. The van der Waals surface area contributed by atoms with Crippen LogP contribution in [-0.4, -0.2) is 10.2 Å². The van der Waals surface area contributed by atoms with Crippen LogP contribution >= 0.6 is 23.2 Å². The molecule has 0 saturated carbocycles. The van der Waals surface area contributed by atoms with Gasteiger partial charge in [0, 0.05) is 35.0 Å². The molecule has 1 aromatic carbocycles. The van der Waals surface area contributed by atoms with Crippen molar-refractivity contribution in [1.82, 2.24) is 15.5 Å². The molecule has 0 saturated heterocycles. The molecule has 0 aliphatic rings. The SMILES string of the molecule is Clc1cc(Cl)cc(CNCc2ccn[nH]2)c1. The normalized spacial score (nSPS) is 10.6. The molecule has 2 rings (SSSR count). The highest BCUT2D eigenvalue weighted by Gasteiger charge is 1.98. The second-order valence-electron chi connectivity index (χ2n) is 3.46. The molecule has 0 spiro atoms. The summed E-state index contributed by atoms with van der Waals surface area (Å²) in [5.41, 5.74) is 2.12. The van der Waals surface area contributed by atoms with Crippen molar-refractivity contribution >= 4 is 23.2 Å². The first-order valence-corrected chi connectivity index (χ1v) is 5.63. The summed E-state index contributed by atoms with van der Waals surface area (Å²) in [6, 6.07) is 7.44. The average Bonchev–Trinajstić information content (AvgIpc) is 2.69. The minimum Gasteiger partial charge on any atom is -0.307 e. The molecule has 2 N–H and O–H groups in total. The van der Waals surface area contributed by atoms with Crippen LogP contribution in [-0.2, 0) is 13.1 Å². The summed E-state index contributed by atoms with van der Waals surface area (Å²) in [4.78, 5) is 0. The van der Waals surface area contributed by atoms with Crippen LogP contribution in [0.2, 0.25) is 10.0 Å². The van der Waals surface area contributed by atoms with Gasteiger partial charge < -0.3 is 5.32 Å². The topological polar surface area (TPSA) is 40.7 Å². The summed E-state index contributed by atoms with van der Waals surface area (Å²) < 4.78 is 0. The van der Waals surface area contributed by atoms with Gasteiger partial charge in [-0.3, -0.25) is 5.10 Å². The van der Waals surface area contributed by atoms with Gasteiger partial charge in [-0.15, -0.1) is 0 Å². The Morgan fingerprint density at radius 3 is 2.50 bits per heavy atom. The van der Waals surface area contributed by atoms with Crippen LogP contribution in [0.1, 0.15) is 11.3 Å². The molecule has 16 heavy (non-hydrogen) atoms. The van der Waals surface area contributed by atoms with Crippen LogP contribution in [0.5, 0.6) is 0 Å². The summed E-state index contributed by atoms with van der Waals surface area (Å²) in [5.74, 6) is 0. The third kappa shape index (κ3) is 3.23. The number of H-pyrrole nitrogens is 1. The molecule has 0 aliphatic heterocycles. The Labute approximate surface area is 104 Å². The smallest absolute Gasteiger partial charge is 0.0490 e. The van der Waals surface area contributed by atoms with E-state index < -0.39 is 0 Å². The first kappa shape index (κ1) is 11.5. The molecule has 3 nitrogen and oxygen atoms in total. The zero-order valence-electron chi connectivity index (χ0n) is 8.50. The Kier molecular flexibility index (Phi) is 3.83. The van der Waals surface area contributed by atoms with Gasteiger partial charge in [-0.05, 0) is 29.8 Å². The number of nitrogens with zero attached hydrogens (tertiary/aromatic N) is 1. The number of aromatic nitrogens is 2. The van der Waals surface area contributed by atoms with Crippen molar-refractivity contribution < 1.29 is 0 Å². The first-order chi connectivity index (χ1) is 7.74. The maximum Gasteiger partial charge on any atom is 0.0490 e. The summed E-state index contributed by atoms with van der Waals surface area (Å²) in [6.07, 6.45) is 1.73. The molecule has 84 valence electrons. The van der Waals surface area contributed by atoms with Gasteiger partial charge in [-0.25, -0.2) is 0 Å². The number of halogens is 2. The van der Waals surface area contributed by atoms with E-state index in [4.69, 9.17) is 23.2 Å². The third-order valence-corrected chi connectivity index (χ3v) is 2.56. The number of hydrogen-bond acceptors (Lipinski definition) is 2. The van der Waals surface area contributed by atoms with Crippen molar-refractivity contribution in [3.05, 3.63) is 51.8 Å². The van der Waals surface area contributed by atoms with E-state index in [1.54, 1.807) is 12.3 Å². The second kappa shape index (κ2) is 5.34. The number of nitrogens with one attached hydrogen (secondary N) is 2. The van der Waals surface area contributed by atoms with Crippen LogP contribution < -0.4 is 5.32 Å². The fourth-order valence-electron chi connectivity index (χ4n) is 1.44. The number of rotatable bonds is 4. The zero-order chi connectivity index (χ0) is 11.4. The number of hydrogen-bond donors (Lipinski definition) is 2. The maximum absolute atomic E-state index is 5.90.